The number of aliphatic carboxylic acids is 1. The second kappa shape index (κ2) is 4.92. The molecule has 1 unspecified atom stereocenters. The van der Waals surface area contributed by atoms with Crippen LogP contribution in [0.2, 0.25) is 0 Å². The first kappa shape index (κ1) is 13.8. The van der Waals surface area contributed by atoms with Gasteiger partial charge in [-0.1, -0.05) is 22.0 Å². The van der Waals surface area contributed by atoms with Gasteiger partial charge in [0.05, 0.1) is 0 Å². The van der Waals surface area contributed by atoms with Crippen LogP contribution < -0.4 is 4.74 Å². The molecule has 0 amide bonds. The molecule has 8 heteroatoms. The molecule has 0 aliphatic heterocycles. The van der Waals surface area contributed by atoms with Crippen molar-refractivity contribution < 1.29 is 32.9 Å². The van der Waals surface area contributed by atoms with Gasteiger partial charge in [0.15, 0.2) is 6.10 Å². The third kappa shape index (κ3) is 3.60. The first-order valence-corrected chi connectivity index (χ1v) is 4.96. The Kier molecular flexibility index (Phi) is 3.99. The Hall–Kier alpha value is -1.28. The molecule has 0 spiro atoms. The smallest absolute Gasteiger partial charge is 0.479 e. The van der Waals surface area contributed by atoms with Crippen LogP contribution in [0.3, 0.4) is 0 Å². The predicted octanol–water partition coefficient (Wildman–Crippen LogP) is 2.47. The summed E-state index contributed by atoms with van der Waals surface area (Å²) in [5.74, 6) is -2.44. The van der Waals surface area contributed by atoms with E-state index in [4.69, 9.17) is 5.11 Å². The molecule has 2 N–H and O–H groups in total. The van der Waals surface area contributed by atoms with Gasteiger partial charge in [0.1, 0.15) is 5.75 Å². The fourth-order valence-corrected chi connectivity index (χ4v) is 1.68. The molecule has 1 atom stereocenters. The van der Waals surface area contributed by atoms with E-state index in [0.717, 1.165) is 6.07 Å². The van der Waals surface area contributed by atoms with Crippen LogP contribution in [-0.4, -0.2) is 22.5 Å². The van der Waals surface area contributed by atoms with Gasteiger partial charge in [0.25, 0.3) is 0 Å². The van der Waals surface area contributed by atoms with Crippen molar-refractivity contribution in [1.29, 1.82) is 0 Å². The van der Waals surface area contributed by atoms with Gasteiger partial charge in [-0.2, -0.15) is 0 Å². The lowest BCUT2D eigenvalue weighted by Crippen LogP contribution is -2.20. The normalized spacial score (nSPS) is 13.2. The maximum absolute atomic E-state index is 12.1. The van der Waals surface area contributed by atoms with Crippen molar-refractivity contribution in [3.63, 3.8) is 0 Å². The number of benzene rings is 1. The van der Waals surface area contributed by atoms with Crippen molar-refractivity contribution in [2.75, 3.05) is 0 Å². The molecule has 0 saturated heterocycles. The summed E-state index contributed by atoms with van der Waals surface area (Å²) >= 11 is 2.85. The van der Waals surface area contributed by atoms with Gasteiger partial charge in [-0.05, 0) is 12.1 Å². The van der Waals surface area contributed by atoms with Gasteiger partial charge >= 0.3 is 12.3 Å². The lowest BCUT2D eigenvalue weighted by Gasteiger charge is -2.16. The Balaban J connectivity index is 3.22. The van der Waals surface area contributed by atoms with Crippen molar-refractivity contribution in [2.45, 2.75) is 12.5 Å². The van der Waals surface area contributed by atoms with E-state index in [2.05, 4.69) is 20.7 Å². The van der Waals surface area contributed by atoms with E-state index in [1.807, 2.05) is 0 Å². The first-order chi connectivity index (χ1) is 7.72. The summed E-state index contributed by atoms with van der Waals surface area (Å²) in [5, 5.41) is 17.9. The van der Waals surface area contributed by atoms with Gasteiger partial charge in [0.2, 0.25) is 0 Å². The van der Waals surface area contributed by atoms with Crippen LogP contribution in [0.4, 0.5) is 13.2 Å². The van der Waals surface area contributed by atoms with Gasteiger partial charge < -0.3 is 14.9 Å². The summed E-state index contributed by atoms with van der Waals surface area (Å²) in [6, 6.07) is 3.44. The number of rotatable bonds is 3. The fraction of sp³-hybridized carbons (Fsp3) is 0.222. The van der Waals surface area contributed by atoms with Crippen LogP contribution in [0.15, 0.2) is 22.7 Å². The summed E-state index contributed by atoms with van der Waals surface area (Å²) in [5.41, 5.74) is -0.489. The largest absolute Gasteiger partial charge is 0.573 e. The predicted molar refractivity (Wildman–Crippen MR) is 53.4 cm³/mol. The van der Waals surface area contributed by atoms with Crippen molar-refractivity contribution in [1.82, 2.24) is 0 Å². The SMILES string of the molecule is O=C(O)C(O)c1c(Br)cccc1OC(F)(F)F. The highest BCUT2D eigenvalue weighted by Gasteiger charge is 2.34. The highest BCUT2D eigenvalue weighted by atomic mass is 79.9. The van der Waals surface area contributed by atoms with E-state index in [0.29, 0.717) is 0 Å². The Morgan fingerprint density at radius 2 is 2.00 bits per heavy atom. The average Bonchev–Trinajstić information content (AvgIpc) is 2.14. The molecule has 0 aliphatic rings. The number of ether oxygens (including phenoxy) is 1. The number of aliphatic hydroxyl groups is 1. The number of halogens is 4. The van der Waals surface area contributed by atoms with E-state index in [1.165, 1.54) is 12.1 Å². The van der Waals surface area contributed by atoms with Gasteiger partial charge in [0, 0.05) is 10.0 Å². The van der Waals surface area contributed by atoms with Gasteiger partial charge in [-0.3, -0.25) is 0 Å². The summed E-state index contributed by atoms with van der Waals surface area (Å²) in [6.07, 6.45) is -7.07. The van der Waals surface area contributed by atoms with Crippen LogP contribution in [0.5, 0.6) is 5.75 Å². The minimum absolute atomic E-state index is 0.00847. The second-order valence-electron chi connectivity index (χ2n) is 2.94. The minimum Gasteiger partial charge on any atom is -0.479 e. The lowest BCUT2D eigenvalue weighted by molar-refractivity contribution is -0.275. The third-order valence-electron chi connectivity index (χ3n) is 1.75. The maximum Gasteiger partial charge on any atom is 0.573 e. The van der Waals surface area contributed by atoms with Crippen molar-refractivity contribution in [2.24, 2.45) is 0 Å². The highest BCUT2D eigenvalue weighted by molar-refractivity contribution is 9.10. The molecule has 0 radical (unpaired) electrons. The maximum atomic E-state index is 12.1. The van der Waals surface area contributed by atoms with E-state index < -0.39 is 29.7 Å². The molecule has 0 heterocycles. The average molecular weight is 315 g/mol. The molecule has 0 bridgehead atoms. The molecule has 4 nitrogen and oxygen atoms in total. The zero-order chi connectivity index (χ0) is 13.2. The second-order valence-corrected chi connectivity index (χ2v) is 3.79. The lowest BCUT2D eigenvalue weighted by atomic mass is 10.1. The molecule has 0 aromatic heterocycles. The van der Waals surface area contributed by atoms with Gasteiger partial charge in [-0.15, -0.1) is 13.2 Å². The summed E-state index contributed by atoms with van der Waals surface area (Å²) < 4.78 is 39.8. The molecule has 1 aromatic rings. The molecule has 94 valence electrons. The summed E-state index contributed by atoms with van der Waals surface area (Å²) in [6.45, 7) is 0. The van der Waals surface area contributed by atoms with Crippen LogP contribution in [0, 0.1) is 0 Å². The quantitative estimate of drug-likeness (QED) is 0.899. The number of alkyl halides is 3. The van der Waals surface area contributed by atoms with E-state index in [1.54, 1.807) is 0 Å². The number of carbonyl (C=O) groups is 1. The van der Waals surface area contributed by atoms with Crippen LogP contribution in [0.25, 0.3) is 0 Å². The fourth-order valence-electron chi connectivity index (χ4n) is 1.12. The Bertz CT molecular complexity index is 433. The number of hydrogen-bond donors (Lipinski definition) is 2. The molecule has 17 heavy (non-hydrogen) atoms. The molecule has 0 saturated carbocycles. The number of hydrogen-bond acceptors (Lipinski definition) is 3. The zero-order valence-electron chi connectivity index (χ0n) is 8.03. The Morgan fingerprint density at radius 1 is 1.41 bits per heavy atom. The monoisotopic (exact) mass is 314 g/mol. The molecule has 0 fully saturated rings. The van der Waals surface area contributed by atoms with Crippen LogP contribution in [-0.2, 0) is 4.79 Å². The summed E-state index contributed by atoms with van der Waals surface area (Å²) in [4.78, 5) is 10.6. The molecule has 1 rings (SSSR count). The molecular formula is C9H6BrF3O4. The third-order valence-corrected chi connectivity index (χ3v) is 2.44. The summed E-state index contributed by atoms with van der Waals surface area (Å²) in [7, 11) is 0. The van der Waals surface area contributed by atoms with Gasteiger partial charge in [-0.25, -0.2) is 4.79 Å². The van der Waals surface area contributed by atoms with Crippen molar-refractivity contribution >= 4 is 21.9 Å². The van der Waals surface area contributed by atoms with Crippen LogP contribution >= 0.6 is 15.9 Å². The van der Waals surface area contributed by atoms with E-state index in [-0.39, 0.29) is 4.47 Å². The van der Waals surface area contributed by atoms with Crippen LogP contribution in [0.1, 0.15) is 11.7 Å². The zero-order valence-corrected chi connectivity index (χ0v) is 9.62. The molecule has 1 aromatic carbocycles. The van der Waals surface area contributed by atoms with E-state index >= 15 is 0 Å². The minimum atomic E-state index is -4.96. The number of carboxylic acid groups (broad SMARTS) is 1. The number of carboxylic acids is 1. The Labute approximate surface area is 102 Å². The topological polar surface area (TPSA) is 66.8 Å². The molecule has 0 aliphatic carbocycles. The highest BCUT2D eigenvalue weighted by Crippen LogP contribution is 2.35. The molecular weight excluding hydrogens is 309 g/mol. The van der Waals surface area contributed by atoms with E-state index in [9.17, 15) is 23.1 Å². The van der Waals surface area contributed by atoms with Crippen molar-refractivity contribution in [3.8, 4) is 5.75 Å². The number of aliphatic hydroxyl groups excluding tert-OH is 1. The first-order valence-electron chi connectivity index (χ1n) is 4.17. The van der Waals surface area contributed by atoms with Crippen molar-refractivity contribution in [3.05, 3.63) is 28.2 Å². The standard InChI is InChI=1S/C9H6BrF3O4/c10-4-2-1-3-5(17-9(11,12)13)6(4)7(14)8(15)16/h1-3,7,14H,(H,15,16). The Morgan fingerprint density at radius 3 is 2.47 bits per heavy atom.